The molecule has 0 bridgehead atoms. The van der Waals surface area contributed by atoms with Crippen LogP contribution in [0.4, 0.5) is 5.13 Å². The van der Waals surface area contributed by atoms with Gasteiger partial charge in [-0.25, -0.2) is 9.78 Å². The Balaban J connectivity index is 1.76. The van der Waals surface area contributed by atoms with E-state index in [0.717, 1.165) is 30.3 Å². The fourth-order valence-electron chi connectivity index (χ4n) is 1.98. The van der Waals surface area contributed by atoms with Crippen LogP contribution >= 0.6 is 11.3 Å². The van der Waals surface area contributed by atoms with Crippen LogP contribution in [0.2, 0.25) is 0 Å². The molecule has 2 rings (SSSR count). The first-order valence-electron chi connectivity index (χ1n) is 6.97. The average molecular weight is 308 g/mol. The van der Waals surface area contributed by atoms with Crippen LogP contribution in [-0.4, -0.2) is 33.9 Å². The first-order chi connectivity index (χ1) is 10.1. The lowest BCUT2D eigenvalue weighted by Gasteiger charge is -2.05. The zero-order valence-electron chi connectivity index (χ0n) is 12.5. The summed E-state index contributed by atoms with van der Waals surface area (Å²) in [5.41, 5.74) is 2.58. The summed E-state index contributed by atoms with van der Waals surface area (Å²) < 4.78 is 6.91. The Bertz CT molecular complexity index is 606. The highest BCUT2D eigenvalue weighted by molar-refractivity contribution is 7.13. The van der Waals surface area contributed by atoms with Gasteiger partial charge in [-0.3, -0.25) is 4.68 Å². The lowest BCUT2D eigenvalue weighted by Crippen LogP contribution is -2.09. The predicted molar refractivity (Wildman–Crippen MR) is 82.9 cm³/mol. The molecule has 6 nitrogen and oxygen atoms in total. The number of aromatic nitrogens is 3. The Hall–Kier alpha value is -1.89. The highest BCUT2D eigenvalue weighted by atomic mass is 32.1. The second-order valence-electron chi connectivity index (χ2n) is 4.69. The molecule has 2 heterocycles. The zero-order valence-corrected chi connectivity index (χ0v) is 13.4. The summed E-state index contributed by atoms with van der Waals surface area (Å²) in [6.07, 6.45) is 0.941. The lowest BCUT2D eigenvalue weighted by atomic mass is 10.4. The monoisotopic (exact) mass is 308 g/mol. The Kier molecular flexibility index (Phi) is 5.32. The van der Waals surface area contributed by atoms with E-state index in [0.29, 0.717) is 12.3 Å². The Labute approximate surface area is 128 Å². The van der Waals surface area contributed by atoms with Crippen molar-refractivity contribution in [3.05, 3.63) is 28.5 Å². The van der Waals surface area contributed by atoms with Crippen LogP contribution in [0.25, 0.3) is 0 Å². The molecule has 0 atom stereocenters. The number of carbonyl (C=O) groups is 1. The number of rotatable bonds is 7. The van der Waals surface area contributed by atoms with Gasteiger partial charge in [-0.05, 0) is 33.3 Å². The topological polar surface area (TPSA) is 69.0 Å². The van der Waals surface area contributed by atoms with Gasteiger partial charge < -0.3 is 10.1 Å². The van der Waals surface area contributed by atoms with Crippen molar-refractivity contribution in [2.24, 2.45) is 0 Å². The van der Waals surface area contributed by atoms with Crippen molar-refractivity contribution in [1.82, 2.24) is 14.8 Å². The van der Waals surface area contributed by atoms with Crippen LogP contribution in [0.1, 0.15) is 35.2 Å². The minimum absolute atomic E-state index is 0.363. The second kappa shape index (κ2) is 7.21. The van der Waals surface area contributed by atoms with Crippen molar-refractivity contribution in [3.63, 3.8) is 0 Å². The number of anilines is 1. The van der Waals surface area contributed by atoms with E-state index in [1.165, 1.54) is 17.0 Å². The fraction of sp³-hybridized carbons (Fsp3) is 0.500. The van der Waals surface area contributed by atoms with Crippen LogP contribution < -0.4 is 5.32 Å². The maximum atomic E-state index is 11.5. The molecule has 0 aliphatic heterocycles. The number of thiazole rings is 1. The number of aryl methyl sites for hydroxylation is 3. The summed E-state index contributed by atoms with van der Waals surface area (Å²) in [5.74, 6) is -0.371. The van der Waals surface area contributed by atoms with Gasteiger partial charge in [0.1, 0.15) is 0 Å². The highest BCUT2D eigenvalue weighted by Gasteiger charge is 2.11. The molecule has 2 aromatic rings. The molecule has 7 heteroatoms. The van der Waals surface area contributed by atoms with E-state index in [4.69, 9.17) is 4.74 Å². The van der Waals surface area contributed by atoms with Gasteiger partial charge in [0.2, 0.25) is 0 Å². The number of nitrogens with zero attached hydrogens (tertiary/aromatic N) is 3. The summed E-state index contributed by atoms with van der Waals surface area (Å²) in [4.78, 5) is 15.7. The molecular weight excluding hydrogens is 288 g/mol. The van der Waals surface area contributed by atoms with Crippen molar-refractivity contribution in [2.45, 2.75) is 33.7 Å². The van der Waals surface area contributed by atoms with Crippen molar-refractivity contribution < 1.29 is 9.53 Å². The number of hydrogen-bond acceptors (Lipinski definition) is 6. The van der Waals surface area contributed by atoms with E-state index < -0.39 is 0 Å². The molecule has 0 aromatic carbocycles. The van der Waals surface area contributed by atoms with Crippen LogP contribution in [0.15, 0.2) is 11.4 Å². The summed E-state index contributed by atoms with van der Waals surface area (Å²) >= 11 is 1.41. The Morgan fingerprint density at radius 2 is 2.29 bits per heavy atom. The van der Waals surface area contributed by atoms with E-state index in [2.05, 4.69) is 28.4 Å². The van der Waals surface area contributed by atoms with Gasteiger partial charge >= 0.3 is 5.97 Å². The van der Waals surface area contributed by atoms with E-state index in [9.17, 15) is 4.79 Å². The maximum absolute atomic E-state index is 11.5. The molecule has 0 saturated carbocycles. The normalized spacial score (nSPS) is 10.6. The summed E-state index contributed by atoms with van der Waals surface area (Å²) in [6, 6.07) is 2.07. The third-order valence-electron chi connectivity index (χ3n) is 2.92. The quantitative estimate of drug-likeness (QED) is 0.629. The summed E-state index contributed by atoms with van der Waals surface area (Å²) in [6.45, 7) is 7.84. The smallest absolute Gasteiger partial charge is 0.357 e. The van der Waals surface area contributed by atoms with Crippen molar-refractivity contribution >= 4 is 22.4 Å². The molecule has 114 valence electrons. The molecule has 21 heavy (non-hydrogen) atoms. The molecule has 2 aromatic heterocycles. The van der Waals surface area contributed by atoms with Gasteiger partial charge in [0.25, 0.3) is 0 Å². The molecule has 0 unspecified atom stereocenters. The van der Waals surface area contributed by atoms with E-state index in [-0.39, 0.29) is 5.97 Å². The molecular formula is C14H20N4O2S. The number of esters is 1. The Morgan fingerprint density at radius 1 is 1.48 bits per heavy atom. The molecule has 0 amide bonds. The zero-order chi connectivity index (χ0) is 15.2. The summed E-state index contributed by atoms with van der Waals surface area (Å²) in [7, 11) is 0. The van der Waals surface area contributed by atoms with E-state index >= 15 is 0 Å². The number of nitrogens with one attached hydrogen (secondary N) is 1. The fourth-order valence-corrected chi connectivity index (χ4v) is 2.69. The average Bonchev–Trinajstić information content (AvgIpc) is 3.02. The first-order valence-corrected chi connectivity index (χ1v) is 7.85. The van der Waals surface area contributed by atoms with E-state index in [1.54, 1.807) is 12.3 Å². The lowest BCUT2D eigenvalue weighted by molar-refractivity contribution is 0.0520. The van der Waals surface area contributed by atoms with Crippen LogP contribution in [0.5, 0.6) is 0 Å². The first kappa shape index (κ1) is 15.5. The van der Waals surface area contributed by atoms with Crippen molar-refractivity contribution in [2.75, 3.05) is 18.5 Å². The molecule has 0 fully saturated rings. The highest BCUT2D eigenvalue weighted by Crippen LogP contribution is 2.16. The molecule has 0 radical (unpaired) electrons. The van der Waals surface area contributed by atoms with Crippen LogP contribution in [0.3, 0.4) is 0 Å². The minimum Gasteiger partial charge on any atom is -0.461 e. The standard InChI is InChI=1S/C14H20N4O2S/c1-4-20-13(19)12-9-21-14(16-12)15-6-5-7-18-11(3)8-10(2)17-18/h8-9H,4-7H2,1-3H3,(H,15,16). The van der Waals surface area contributed by atoms with Crippen LogP contribution in [-0.2, 0) is 11.3 Å². The number of hydrogen-bond donors (Lipinski definition) is 1. The third-order valence-corrected chi connectivity index (χ3v) is 3.72. The van der Waals surface area contributed by atoms with Crippen LogP contribution in [0, 0.1) is 13.8 Å². The van der Waals surface area contributed by atoms with Crippen molar-refractivity contribution in [3.8, 4) is 0 Å². The van der Waals surface area contributed by atoms with Gasteiger partial charge in [0.05, 0.1) is 12.3 Å². The molecule has 0 aliphatic rings. The van der Waals surface area contributed by atoms with Gasteiger partial charge in [-0.1, -0.05) is 0 Å². The van der Waals surface area contributed by atoms with E-state index in [1.807, 2.05) is 11.6 Å². The number of ether oxygens (including phenoxy) is 1. The molecule has 1 N–H and O–H groups in total. The van der Waals surface area contributed by atoms with Gasteiger partial charge in [-0.15, -0.1) is 11.3 Å². The van der Waals surface area contributed by atoms with Gasteiger partial charge in [0, 0.05) is 24.2 Å². The number of carbonyl (C=O) groups excluding carboxylic acids is 1. The van der Waals surface area contributed by atoms with Gasteiger partial charge in [-0.2, -0.15) is 5.10 Å². The molecule has 0 saturated heterocycles. The third kappa shape index (κ3) is 4.29. The summed E-state index contributed by atoms with van der Waals surface area (Å²) in [5, 5.41) is 10.1. The van der Waals surface area contributed by atoms with Gasteiger partial charge in [0.15, 0.2) is 10.8 Å². The maximum Gasteiger partial charge on any atom is 0.357 e. The second-order valence-corrected chi connectivity index (χ2v) is 5.55. The predicted octanol–water partition coefficient (Wildman–Crippen LogP) is 2.64. The van der Waals surface area contributed by atoms with Crippen molar-refractivity contribution in [1.29, 1.82) is 0 Å². The minimum atomic E-state index is -0.371. The SMILES string of the molecule is CCOC(=O)c1csc(NCCCn2nc(C)cc2C)n1. The Morgan fingerprint density at radius 3 is 2.95 bits per heavy atom. The largest absolute Gasteiger partial charge is 0.461 e. The molecule has 0 spiro atoms. The molecule has 0 aliphatic carbocycles.